The van der Waals surface area contributed by atoms with Crippen LogP contribution in [0.5, 0.6) is 5.75 Å². The van der Waals surface area contributed by atoms with Gasteiger partial charge in [-0.2, -0.15) is 11.8 Å². The van der Waals surface area contributed by atoms with Crippen molar-refractivity contribution in [2.75, 3.05) is 38.2 Å². The standard InChI is InChI=1S/C21H27NO4S/c1-25-15-4-2-14(3-5-15)18-13-26-21-16(20(18)24)6-7-19(23)17(21)12-22-8-10-27-11-9-22/h2-5,13,16-17,19,21,23H,6-12H2,1H3. The minimum atomic E-state index is -0.399. The van der Waals surface area contributed by atoms with Crippen molar-refractivity contribution >= 4 is 23.1 Å². The predicted molar refractivity (Wildman–Crippen MR) is 107 cm³/mol. The predicted octanol–water partition coefficient (Wildman–Crippen LogP) is 2.44. The van der Waals surface area contributed by atoms with Crippen molar-refractivity contribution in [1.82, 2.24) is 4.90 Å². The van der Waals surface area contributed by atoms with Gasteiger partial charge >= 0.3 is 0 Å². The lowest BCUT2D eigenvalue weighted by molar-refractivity contribution is -0.133. The summed E-state index contributed by atoms with van der Waals surface area (Å²) in [5.74, 6) is 3.00. The van der Waals surface area contributed by atoms with Gasteiger partial charge < -0.3 is 19.5 Å². The number of carbonyl (C=O) groups excluding carboxylic acids is 1. The van der Waals surface area contributed by atoms with Crippen molar-refractivity contribution in [1.29, 1.82) is 0 Å². The van der Waals surface area contributed by atoms with Gasteiger partial charge in [-0.25, -0.2) is 0 Å². The fourth-order valence-corrected chi connectivity index (χ4v) is 5.39. The van der Waals surface area contributed by atoms with Crippen LogP contribution < -0.4 is 4.74 Å². The molecule has 5 nitrogen and oxygen atoms in total. The molecule has 0 radical (unpaired) electrons. The molecule has 3 aliphatic rings. The van der Waals surface area contributed by atoms with Crippen molar-refractivity contribution in [2.45, 2.75) is 25.0 Å². The Morgan fingerprint density at radius 3 is 2.67 bits per heavy atom. The molecular formula is C21H27NO4S. The molecule has 4 rings (SSSR count). The number of carbonyl (C=O) groups is 1. The summed E-state index contributed by atoms with van der Waals surface area (Å²) in [6.45, 7) is 2.90. The highest BCUT2D eigenvalue weighted by molar-refractivity contribution is 7.99. The first kappa shape index (κ1) is 18.8. The number of methoxy groups -OCH3 is 1. The molecule has 0 amide bonds. The van der Waals surface area contributed by atoms with Crippen LogP contribution in [0.15, 0.2) is 30.5 Å². The Balaban J connectivity index is 1.53. The minimum absolute atomic E-state index is 0.00975. The highest BCUT2D eigenvalue weighted by atomic mass is 32.2. The average molecular weight is 390 g/mol. The van der Waals surface area contributed by atoms with Gasteiger partial charge in [-0.1, -0.05) is 12.1 Å². The molecule has 4 atom stereocenters. The SMILES string of the molecule is COc1ccc(C2=COC3C(CCC(O)C3CN3CCSCC3)C2=O)cc1. The van der Waals surface area contributed by atoms with Gasteiger partial charge in [0.05, 0.1) is 31.0 Å². The van der Waals surface area contributed by atoms with Gasteiger partial charge in [-0.05, 0) is 30.5 Å². The Bertz CT molecular complexity index is 699. The molecule has 1 N–H and O–H groups in total. The molecule has 1 aromatic carbocycles. The molecule has 0 spiro atoms. The van der Waals surface area contributed by atoms with E-state index < -0.39 is 6.10 Å². The molecule has 0 bridgehead atoms. The summed E-state index contributed by atoms with van der Waals surface area (Å²) in [6, 6.07) is 7.51. The number of allylic oxidation sites excluding steroid dienone is 1. The number of hydrogen-bond acceptors (Lipinski definition) is 6. The van der Waals surface area contributed by atoms with E-state index in [1.807, 2.05) is 36.0 Å². The van der Waals surface area contributed by atoms with Gasteiger partial charge in [0, 0.05) is 37.1 Å². The van der Waals surface area contributed by atoms with E-state index in [1.54, 1.807) is 13.4 Å². The van der Waals surface area contributed by atoms with Gasteiger partial charge in [0.15, 0.2) is 5.78 Å². The number of aliphatic hydroxyl groups excluding tert-OH is 1. The Morgan fingerprint density at radius 2 is 1.96 bits per heavy atom. The third kappa shape index (κ3) is 3.89. The molecule has 1 aliphatic carbocycles. The van der Waals surface area contributed by atoms with Crippen molar-refractivity contribution in [2.24, 2.45) is 11.8 Å². The molecule has 1 aromatic rings. The van der Waals surface area contributed by atoms with Gasteiger partial charge in [-0.3, -0.25) is 4.79 Å². The zero-order chi connectivity index (χ0) is 18.8. The summed E-state index contributed by atoms with van der Waals surface area (Å²) < 4.78 is 11.3. The Labute approximate surface area is 164 Å². The normalized spacial score (nSPS) is 31.6. The number of aliphatic hydroxyl groups is 1. The van der Waals surface area contributed by atoms with Crippen molar-refractivity contribution in [3.8, 4) is 5.75 Å². The molecule has 1 saturated carbocycles. The summed E-state index contributed by atoms with van der Waals surface area (Å²) in [6.07, 6.45) is 2.34. The maximum atomic E-state index is 13.2. The number of benzene rings is 1. The summed E-state index contributed by atoms with van der Waals surface area (Å²) >= 11 is 1.98. The van der Waals surface area contributed by atoms with E-state index in [0.717, 1.165) is 42.5 Å². The number of thioether (sulfide) groups is 1. The molecule has 27 heavy (non-hydrogen) atoms. The van der Waals surface area contributed by atoms with E-state index in [1.165, 1.54) is 0 Å². The lowest BCUT2D eigenvalue weighted by Crippen LogP contribution is -2.52. The second kappa shape index (κ2) is 8.25. The molecule has 0 aromatic heterocycles. The van der Waals surface area contributed by atoms with E-state index in [-0.39, 0.29) is 23.7 Å². The van der Waals surface area contributed by atoms with Crippen molar-refractivity contribution in [3.05, 3.63) is 36.1 Å². The summed E-state index contributed by atoms with van der Waals surface area (Å²) in [7, 11) is 1.63. The molecule has 1 saturated heterocycles. The van der Waals surface area contributed by atoms with Gasteiger partial charge in [-0.15, -0.1) is 0 Å². The van der Waals surface area contributed by atoms with Crippen LogP contribution >= 0.6 is 11.8 Å². The molecule has 2 heterocycles. The van der Waals surface area contributed by atoms with Crippen LogP contribution in [-0.4, -0.2) is 66.2 Å². The third-order valence-electron chi connectivity index (χ3n) is 6.01. The lowest BCUT2D eigenvalue weighted by Gasteiger charge is -2.44. The van der Waals surface area contributed by atoms with Crippen LogP contribution in [0, 0.1) is 11.8 Å². The number of rotatable bonds is 4. The van der Waals surface area contributed by atoms with Gasteiger partial charge in [0.2, 0.25) is 0 Å². The van der Waals surface area contributed by atoms with Crippen molar-refractivity contribution < 1.29 is 19.4 Å². The van der Waals surface area contributed by atoms with Crippen LogP contribution in [0.3, 0.4) is 0 Å². The zero-order valence-corrected chi connectivity index (χ0v) is 16.5. The number of ether oxygens (including phenoxy) is 2. The highest BCUT2D eigenvalue weighted by Gasteiger charge is 2.46. The van der Waals surface area contributed by atoms with Crippen LogP contribution in [0.2, 0.25) is 0 Å². The summed E-state index contributed by atoms with van der Waals surface area (Å²) in [5.41, 5.74) is 1.48. The lowest BCUT2D eigenvalue weighted by atomic mass is 9.72. The maximum absolute atomic E-state index is 13.2. The van der Waals surface area contributed by atoms with E-state index >= 15 is 0 Å². The van der Waals surface area contributed by atoms with Crippen LogP contribution in [0.25, 0.3) is 5.57 Å². The Kier molecular flexibility index (Phi) is 5.76. The molecule has 146 valence electrons. The van der Waals surface area contributed by atoms with Crippen LogP contribution in [0.1, 0.15) is 18.4 Å². The first-order chi connectivity index (χ1) is 13.2. The highest BCUT2D eigenvalue weighted by Crippen LogP contribution is 2.40. The molecular weight excluding hydrogens is 362 g/mol. The molecule has 6 heteroatoms. The van der Waals surface area contributed by atoms with E-state index in [9.17, 15) is 9.90 Å². The fourth-order valence-electron chi connectivity index (χ4n) is 4.41. The number of hydrogen-bond donors (Lipinski definition) is 1. The number of ketones is 1. The van der Waals surface area contributed by atoms with Crippen LogP contribution in [0.4, 0.5) is 0 Å². The summed E-state index contributed by atoms with van der Waals surface area (Å²) in [4.78, 5) is 15.6. The Hall–Kier alpha value is -1.50. The number of nitrogens with zero attached hydrogens (tertiary/aromatic N) is 1. The Morgan fingerprint density at radius 1 is 1.22 bits per heavy atom. The molecule has 4 unspecified atom stereocenters. The largest absolute Gasteiger partial charge is 0.497 e. The van der Waals surface area contributed by atoms with Crippen molar-refractivity contribution in [3.63, 3.8) is 0 Å². The first-order valence-corrected chi connectivity index (χ1v) is 10.9. The second-order valence-electron chi connectivity index (χ2n) is 7.55. The van der Waals surface area contributed by atoms with Crippen LogP contribution in [-0.2, 0) is 9.53 Å². The van der Waals surface area contributed by atoms with E-state index in [2.05, 4.69) is 4.90 Å². The second-order valence-corrected chi connectivity index (χ2v) is 8.78. The van der Waals surface area contributed by atoms with E-state index in [0.29, 0.717) is 18.4 Å². The average Bonchev–Trinajstić information content (AvgIpc) is 2.71. The fraction of sp³-hybridized carbons (Fsp3) is 0.571. The van der Waals surface area contributed by atoms with Gasteiger partial charge in [0.25, 0.3) is 0 Å². The molecule has 2 aliphatic heterocycles. The van der Waals surface area contributed by atoms with Gasteiger partial charge in [0.1, 0.15) is 11.9 Å². The monoisotopic (exact) mass is 389 g/mol. The number of fused-ring (bicyclic) bond motifs is 1. The maximum Gasteiger partial charge on any atom is 0.173 e. The quantitative estimate of drug-likeness (QED) is 0.854. The smallest absolute Gasteiger partial charge is 0.173 e. The molecule has 2 fully saturated rings. The third-order valence-corrected chi connectivity index (χ3v) is 6.95. The van der Waals surface area contributed by atoms with E-state index in [4.69, 9.17) is 9.47 Å². The first-order valence-electron chi connectivity index (χ1n) is 9.70. The summed E-state index contributed by atoms with van der Waals surface area (Å²) in [5, 5.41) is 10.6. The topological polar surface area (TPSA) is 59.0 Å². The minimum Gasteiger partial charge on any atom is -0.497 e. The zero-order valence-electron chi connectivity index (χ0n) is 15.7. The number of Topliss-reactive ketones (excluding diaryl/α,β-unsaturated/α-hetero) is 1.